The van der Waals surface area contributed by atoms with Gasteiger partial charge in [0.1, 0.15) is 18.1 Å². The van der Waals surface area contributed by atoms with Gasteiger partial charge in [0.25, 0.3) is 0 Å². The number of nitrogens with two attached hydrogens (primary N) is 2. The summed E-state index contributed by atoms with van der Waals surface area (Å²) in [5.74, 6) is -0.295. The van der Waals surface area contributed by atoms with Gasteiger partial charge in [0, 0.05) is 19.0 Å². The second-order valence-electron chi connectivity index (χ2n) is 8.57. The molecule has 35 heavy (non-hydrogen) atoms. The zero-order valence-electron chi connectivity index (χ0n) is 20.7. The number of amides is 2. The molecule has 1 aromatic rings. The molecule has 0 aliphatic rings. The Kier molecular flexibility index (Phi) is 15.3. The van der Waals surface area contributed by atoms with Gasteiger partial charge < -0.3 is 27.2 Å². The summed E-state index contributed by atoms with van der Waals surface area (Å²) in [5, 5.41) is 15.3. The van der Waals surface area contributed by atoms with E-state index >= 15 is 0 Å². The van der Waals surface area contributed by atoms with Crippen LogP contribution in [0.15, 0.2) is 41.4 Å². The first-order chi connectivity index (χ1) is 16.8. The van der Waals surface area contributed by atoms with Gasteiger partial charge in [0.15, 0.2) is 5.96 Å². The largest absolute Gasteiger partial charge is 0.508 e. The van der Waals surface area contributed by atoms with Crippen molar-refractivity contribution in [2.75, 3.05) is 6.54 Å². The molecule has 0 aliphatic heterocycles. The number of benzene rings is 1. The van der Waals surface area contributed by atoms with Crippen molar-refractivity contribution in [1.29, 1.82) is 0 Å². The van der Waals surface area contributed by atoms with Gasteiger partial charge in [-0.3, -0.25) is 19.4 Å². The number of allylic oxidation sites excluding steroid dienone is 1. The van der Waals surface area contributed by atoms with Crippen LogP contribution in [0.25, 0.3) is 0 Å². The molecule has 194 valence electrons. The summed E-state index contributed by atoms with van der Waals surface area (Å²) in [6, 6.07) is 5.64. The molecule has 0 unspecified atom stereocenters. The molecule has 2 atom stereocenters. The number of phenols is 1. The highest BCUT2D eigenvalue weighted by molar-refractivity contribution is 5.88. The fraction of sp³-hybridized carbons (Fsp3) is 0.538. The van der Waals surface area contributed by atoms with Crippen molar-refractivity contribution < 1.29 is 19.5 Å². The number of guanidine groups is 1. The minimum absolute atomic E-state index is 0.000667. The molecule has 9 heteroatoms. The van der Waals surface area contributed by atoms with E-state index in [9.17, 15) is 19.5 Å². The quantitative estimate of drug-likeness (QED) is 0.0703. The molecule has 9 nitrogen and oxygen atoms in total. The minimum atomic E-state index is -0.725. The highest BCUT2D eigenvalue weighted by Gasteiger charge is 2.22. The van der Waals surface area contributed by atoms with Crippen LogP contribution in [-0.4, -0.2) is 47.8 Å². The van der Waals surface area contributed by atoms with Crippen molar-refractivity contribution in [3.05, 3.63) is 42.0 Å². The van der Waals surface area contributed by atoms with E-state index in [0.717, 1.165) is 37.7 Å². The van der Waals surface area contributed by atoms with Crippen molar-refractivity contribution >= 4 is 24.1 Å². The van der Waals surface area contributed by atoms with Crippen molar-refractivity contribution in [3.8, 4) is 5.75 Å². The van der Waals surface area contributed by atoms with Gasteiger partial charge in [-0.2, -0.15) is 0 Å². The Labute approximate surface area is 208 Å². The molecule has 0 radical (unpaired) electrons. The summed E-state index contributed by atoms with van der Waals surface area (Å²) < 4.78 is 0. The molecular formula is C26H41N5O4. The molecule has 0 saturated heterocycles. The molecule has 0 spiro atoms. The highest BCUT2D eigenvalue weighted by atomic mass is 16.3. The average Bonchev–Trinajstić information content (AvgIpc) is 2.83. The van der Waals surface area contributed by atoms with Crippen molar-refractivity contribution in [3.63, 3.8) is 0 Å². The van der Waals surface area contributed by atoms with Gasteiger partial charge in [-0.15, -0.1) is 0 Å². The number of phenolic OH excluding ortho intramolecular Hbond substituents is 1. The van der Waals surface area contributed by atoms with E-state index in [1.807, 2.05) is 0 Å². The van der Waals surface area contributed by atoms with Gasteiger partial charge in [-0.05, 0) is 55.9 Å². The van der Waals surface area contributed by atoms with Crippen LogP contribution in [-0.2, 0) is 20.8 Å². The number of aldehydes is 1. The predicted octanol–water partition coefficient (Wildman–Crippen LogP) is 2.46. The number of rotatable bonds is 18. The maximum atomic E-state index is 13.1. The Bertz CT molecular complexity index is 820. The van der Waals surface area contributed by atoms with Gasteiger partial charge in [-0.1, -0.05) is 50.8 Å². The third-order valence-corrected chi connectivity index (χ3v) is 5.53. The van der Waals surface area contributed by atoms with Crippen LogP contribution < -0.4 is 22.1 Å². The minimum Gasteiger partial charge on any atom is -0.508 e. The third-order valence-electron chi connectivity index (χ3n) is 5.53. The average molecular weight is 488 g/mol. The van der Waals surface area contributed by atoms with E-state index in [-0.39, 0.29) is 23.5 Å². The lowest BCUT2D eigenvalue weighted by Gasteiger charge is -2.22. The zero-order chi connectivity index (χ0) is 25.9. The molecular weight excluding hydrogens is 446 g/mol. The lowest BCUT2D eigenvalue weighted by atomic mass is 10.0. The number of aliphatic imine (C=N–C) groups is 1. The van der Waals surface area contributed by atoms with Gasteiger partial charge in [0.2, 0.25) is 11.8 Å². The van der Waals surface area contributed by atoms with Crippen LogP contribution in [0.4, 0.5) is 0 Å². The van der Waals surface area contributed by atoms with Crippen LogP contribution >= 0.6 is 0 Å². The lowest BCUT2D eigenvalue weighted by Crippen LogP contribution is -2.49. The Morgan fingerprint density at radius 1 is 1.03 bits per heavy atom. The summed E-state index contributed by atoms with van der Waals surface area (Å²) in [5.41, 5.74) is 11.6. The Morgan fingerprint density at radius 3 is 2.40 bits per heavy atom. The summed E-state index contributed by atoms with van der Waals surface area (Å²) in [6.07, 6.45) is 11.2. The molecule has 0 heterocycles. The molecule has 7 N–H and O–H groups in total. The van der Waals surface area contributed by atoms with Crippen LogP contribution in [0.3, 0.4) is 0 Å². The summed E-state index contributed by atoms with van der Waals surface area (Å²) in [7, 11) is 0. The molecule has 0 saturated carbocycles. The number of nitrogens with one attached hydrogen (secondary N) is 2. The topological polar surface area (TPSA) is 160 Å². The van der Waals surface area contributed by atoms with Gasteiger partial charge >= 0.3 is 0 Å². The number of aromatic hydroxyl groups is 1. The maximum Gasteiger partial charge on any atom is 0.243 e. The van der Waals surface area contributed by atoms with Crippen molar-refractivity contribution in [1.82, 2.24) is 10.6 Å². The zero-order valence-corrected chi connectivity index (χ0v) is 20.7. The number of hydrogen-bond donors (Lipinski definition) is 5. The van der Waals surface area contributed by atoms with E-state index in [1.165, 1.54) is 6.08 Å². The van der Waals surface area contributed by atoms with Crippen LogP contribution in [0.5, 0.6) is 5.75 Å². The van der Waals surface area contributed by atoms with E-state index < -0.39 is 12.1 Å². The smallest absolute Gasteiger partial charge is 0.243 e. The molecule has 0 bridgehead atoms. The molecule has 0 fully saturated rings. The number of carbonyl (C=O) groups is 3. The number of hydrogen-bond acceptors (Lipinski definition) is 5. The Balaban J connectivity index is 2.79. The number of aryl methyl sites for hydroxylation is 1. The third kappa shape index (κ3) is 14.5. The first-order valence-electron chi connectivity index (χ1n) is 12.4. The Morgan fingerprint density at radius 2 is 1.74 bits per heavy atom. The summed E-state index contributed by atoms with van der Waals surface area (Å²) >= 11 is 0. The van der Waals surface area contributed by atoms with Crippen LogP contribution in [0, 0.1) is 0 Å². The molecule has 2 amide bonds. The second kappa shape index (κ2) is 18.0. The fourth-order valence-corrected chi connectivity index (χ4v) is 3.60. The van der Waals surface area contributed by atoms with E-state index in [0.29, 0.717) is 44.9 Å². The van der Waals surface area contributed by atoms with Crippen LogP contribution in [0.1, 0.15) is 70.3 Å². The normalized spacial score (nSPS) is 12.6. The SMILES string of the molecule is CCCCCCCC(=O)N[C@@H](CCc1ccc(O)cc1)C(=O)N[C@H](/C=C/C=O)CCCN=C(N)N. The van der Waals surface area contributed by atoms with Crippen LogP contribution in [0.2, 0.25) is 0 Å². The first-order valence-corrected chi connectivity index (χ1v) is 12.4. The predicted molar refractivity (Wildman–Crippen MR) is 139 cm³/mol. The monoisotopic (exact) mass is 487 g/mol. The van der Waals surface area contributed by atoms with Crippen molar-refractivity contribution in [2.45, 2.75) is 83.2 Å². The summed E-state index contributed by atoms with van der Waals surface area (Å²) in [6.45, 7) is 2.55. The molecule has 0 aliphatic carbocycles. The number of nitrogens with zero attached hydrogens (tertiary/aromatic N) is 1. The van der Waals surface area contributed by atoms with Crippen molar-refractivity contribution in [2.24, 2.45) is 16.5 Å². The molecule has 1 rings (SSSR count). The fourth-order valence-electron chi connectivity index (χ4n) is 3.60. The summed E-state index contributed by atoms with van der Waals surface area (Å²) in [4.78, 5) is 40.4. The maximum absolute atomic E-state index is 13.1. The number of unbranched alkanes of at least 4 members (excludes halogenated alkanes) is 4. The van der Waals surface area contributed by atoms with Gasteiger partial charge in [0.05, 0.1) is 0 Å². The highest BCUT2D eigenvalue weighted by Crippen LogP contribution is 2.13. The standard InChI is InChI=1S/C26H41N5O4/c1-2-3-4-5-6-11-24(34)31-23(17-14-20-12-15-22(33)16-13-20)25(35)30-21(10-8-19-32)9-7-18-29-26(27)28/h8,10,12-13,15-16,19,21,23,33H,2-7,9,11,14,17-18H2,1H3,(H,30,35)(H,31,34)(H4,27,28,29)/b10-8+/t21-,23-/m0/s1. The van der Waals surface area contributed by atoms with E-state index in [1.54, 1.807) is 30.3 Å². The molecule has 0 aromatic heterocycles. The van der Waals surface area contributed by atoms with E-state index in [2.05, 4.69) is 22.5 Å². The Hall–Kier alpha value is -3.36. The van der Waals surface area contributed by atoms with E-state index in [4.69, 9.17) is 11.5 Å². The first kappa shape index (κ1) is 29.7. The van der Waals surface area contributed by atoms with Gasteiger partial charge in [-0.25, -0.2) is 0 Å². The molecule has 1 aromatic carbocycles. The second-order valence-corrected chi connectivity index (χ2v) is 8.57. The lowest BCUT2D eigenvalue weighted by molar-refractivity contribution is -0.129. The number of carbonyl (C=O) groups excluding carboxylic acids is 3.